The molecule has 0 fully saturated rings. The molecule has 1 aliphatic heterocycles. The van der Waals surface area contributed by atoms with Crippen LogP contribution in [0.2, 0.25) is 0 Å². The lowest BCUT2D eigenvalue weighted by Crippen LogP contribution is -2.03. The van der Waals surface area contributed by atoms with Gasteiger partial charge in [-0.1, -0.05) is 66.7 Å². The van der Waals surface area contributed by atoms with Gasteiger partial charge in [-0.25, -0.2) is 0 Å². The average molecular weight is 377 g/mol. The van der Waals surface area contributed by atoms with Crippen LogP contribution in [0.15, 0.2) is 91.0 Å². The maximum atomic E-state index is 12.3. The molecule has 140 valence electrons. The van der Waals surface area contributed by atoms with Gasteiger partial charge >= 0.3 is 0 Å². The van der Waals surface area contributed by atoms with E-state index >= 15 is 0 Å². The van der Waals surface area contributed by atoms with E-state index in [1.54, 1.807) is 0 Å². The number of anilines is 1. The van der Waals surface area contributed by atoms with Crippen molar-refractivity contribution in [1.82, 2.24) is 0 Å². The SMILES string of the molecule is O=C1Nc2ccccc2/C1=C/c1ccc(OCc2ccc3ccccc3c2)cc1. The van der Waals surface area contributed by atoms with Crippen LogP contribution in [0.4, 0.5) is 5.69 Å². The van der Waals surface area contributed by atoms with Crippen LogP contribution >= 0.6 is 0 Å². The Balaban J connectivity index is 1.31. The lowest BCUT2D eigenvalue weighted by Gasteiger charge is -2.08. The van der Waals surface area contributed by atoms with Crippen LogP contribution in [0.1, 0.15) is 16.7 Å². The number of benzene rings is 4. The van der Waals surface area contributed by atoms with Crippen molar-refractivity contribution in [3.63, 3.8) is 0 Å². The van der Waals surface area contributed by atoms with Crippen molar-refractivity contribution in [3.8, 4) is 5.75 Å². The zero-order valence-electron chi connectivity index (χ0n) is 15.8. The standard InChI is InChI=1S/C26H19NO2/c28-26-24(23-7-3-4-8-25(23)27-26)16-18-10-13-22(14-11-18)29-17-19-9-12-20-5-1-2-6-21(20)15-19/h1-16H,17H2,(H,27,28)/b24-16-. The van der Waals surface area contributed by atoms with E-state index in [-0.39, 0.29) is 5.91 Å². The van der Waals surface area contributed by atoms with Crippen molar-refractivity contribution in [2.45, 2.75) is 6.61 Å². The molecular formula is C26H19NO2. The van der Waals surface area contributed by atoms with Gasteiger partial charge in [-0.15, -0.1) is 0 Å². The number of carbonyl (C=O) groups is 1. The predicted molar refractivity (Wildman–Crippen MR) is 118 cm³/mol. The highest BCUT2D eigenvalue weighted by atomic mass is 16.5. The van der Waals surface area contributed by atoms with Crippen LogP contribution in [0.5, 0.6) is 5.75 Å². The van der Waals surface area contributed by atoms with Crippen molar-refractivity contribution in [3.05, 3.63) is 108 Å². The van der Waals surface area contributed by atoms with E-state index in [1.807, 2.05) is 66.7 Å². The molecule has 0 saturated heterocycles. The number of rotatable bonds is 4. The molecule has 1 heterocycles. The summed E-state index contributed by atoms with van der Waals surface area (Å²) >= 11 is 0. The number of carbonyl (C=O) groups excluding carboxylic acids is 1. The van der Waals surface area contributed by atoms with Gasteiger partial charge in [0.05, 0.1) is 0 Å². The Morgan fingerprint density at radius 2 is 1.55 bits per heavy atom. The van der Waals surface area contributed by atoms with Gasteiger partial charge in [-0.3, -0.25) is 4.79 Å². The molecule has 0 saturated carbocycles. The van der Waals surface area contributed by atoms with Crippen LogP contribution in [-0.4, -0.2) is 5.91 Å². The summed E-state index contributed by atoms with van der Waals surface area (Å²) in [5.41, 5.74) is 4.58. The van der Waals surface area contributed by atoms with E-state index in [2.05, 4.69) is 35.6 Å². The van der Waals surface area contributed by atoms with Gasteiger partial charge in [-0.2, -0.15) is 0 Å². The van der Waals surface area contributed by atoms with Crippen LogP contribution < -0.4 is 10.1 Å². The molecule has 3 nitrogen and oxygen atoms in total. The zero-order valence-corrected chi connectivity index (χ0v) is 15.8. The fourth-order valence-electron chi connectivity index (χ4n) is 3.60. The van der Waals surface area contributed by atoms with E-state index in [4.69, 9.17) is 4.74 Å². The van der Waals surface area contributed by atoms with E-state index in [0.29, 0.717) is 12.2 Å². The molecule has 0 aliphatic carbocycles. The summed E-state index contributed by atoms with van der Waals surface area (Å²) in [4.78, 5) is 12.3. The molecule has 1 amide bonds. The molecule has 0 bridgehead atoms. The van der Waals surface area contributed by atoms with Crippen molar-refractivity contribution >= 4 is 34.0 Å². The number of hydrogen-bond donors (Lipinski definition) is 1. The third-order valence-electron chi connectivity index (χ3n) is 5.12. The summed E-state index contributed by atoms with van der Waals surface area (Å²) in [6, 6.07) is 30.2. The Kier molecular flexibility index (Phi) is 4.34. The monoisotopic (exact) mass is 377 g/mol. The van der Waals surface area contributed by atoms with Gasteiger partial charge in [0, 0.05) is 16.8 Å². The zero-order chi connectivity index (χ0) is 19.6. The van der Waals surface area contributed by atoms with Crippen molar-refractivity contribution in [2.24, 2.45) is 0 Å². The molecule has 1 N–H and O–H groups in total. The molecule has 3 heteroatoms. The molecule has 1 aliphatic rings. The van der Waals surface area contributed by atoms with Gasteiger partial charge in [0.25, 0.3) is 5.91 Å². The molecule has 29 heavy (non-hydrogen) atoms. The Hall–Kier alpha value is -3.85. The first-order valence-electron chi connectivity index (χ1n) is 9.59. The lowest BCUT2D eigenvalue weighted by atomic mass is 10.0. The predicted octanol–water partition coefficient (Wildman–Crippen LogP) is 5.91. The van der Waals surface area contributed by atoms with Gasteiger partial charge in [-0.05, 0) is 52.2 Å². The number of para-hydroxylation sites is 1. The molecule has 0 atom stereocenters. The summed E-state index contributed by atoms with van der Waals surface area (Å²) in [6.45, 7) is 0.515. The quantitative estimate of drug-likeness (QED) is 0.449. The van der Waals surface area contributed by atoms with Crippen LogP contribution in [0.3, 0.4) is 0 Å². The molecule has 0 radical (unpaired) electrons. The van der Waals surface area contributed by atoms with Crippen LogP contribution in [0.25, 0.3) is 22.4 Å². The van der Waals surface area contributed by atoms with E-state index < -0.39 is 0 Å². The second-order valence-corrected chi connectivity index (χ2v) is 7.10. The Morgan fingerprint density at radius 3 is 2.41 bits per heavy atom. The van der Waals surface area contributed by atoms with Crippen molar-refractivity contribution in [1.29, 1.82) is 0 Å². The summed E-state index contributed by atoms with van der Waals surface area (Å²) < 4.78 is 5.94. The minimum absolute atomic E-state index is 0.0668. The Morgan fingerprint density at radius 1 is 0.793 bits per heavy atom. The number of amides is 1. The first-order chi connectivity index (χ1) is 14.3. The molecule has 4 aromatic carbocycles. The lowest BCUT2D eigenvalue weighted by molar-refractivity contribution is -0.110. The molecule has 5 rings (SSSR count). The third kappa shape index (κ3) is 3.50. The summed E-state index contributed by atoms with van der Waals surface area (Å²) in [5.74, 6) is 0.736. The van der Waals surface area contributed by atoms with Gasteiger partial charge in [0.2, 0.25) is 0 Å². The van der Waals surface area contributed by atoms with Crippen molar-refractivity contribution < 1.29 is 9.53 Å². The van der Waals surface area contributed by atoms with Gasteiger partial charge in [0.15, 0.2) is 0 Å². The number of ether oxygens (including phenoxy) is 1. The third-order valence-corrected chi connectivity index (χ3v) is 5.12. The minimum atomic E-state index is -0.0668. The summed E-state index contributed by atoms with van der Waals surface area (Å²) in [5, 5.41) is 5.34. The van der Waals surface area contributed by atoms with E-state index in [0.717, 1.165) is 28.1 Å². The number of nitrogens with one attached hydrogen (secondary N) is 1. The highest BCUT2D eigenvalue weighted by Crippen LogP contribution is 2.32. The molecule has 0 spiro atoms. The summed E-state index contributed by atoms with van der Waals surface area (Å²) in [7, 11) is 0. The second kappa shape index (κ2) is 7.28. The normalized spacial score (nSPS) is 14.1. The minimum Gasteiger partial charge on any atom is -0.489 e. The number of fused-ring (bicyclic) bond motifs is 2. The Labute approximate surface area is 169 Å². The number of hydrogen-bond acceptors (Lipinski definition) is 2. The maximum absolute atomic E-state index is 12.3. The molecule has 0 aromatic heterocycles. The highest BCUT2D eigenvalue weighted by molar-refractivity contribution is 6.34. The van der Waals surface area contributed by atoms with Crippen LogP contribution in [0, 0.1) is 0 Å². The van der Waals surface area contributed by atoms with Crippen molar-refractivity contribution in [2.75, 3.05) is 5.32 Å². The van der Waals surface area contributed by atoms with Crippen LogP contribution in [-0.2, 0) is 11.4 Å². The fraction of sp³-hybridized carbons (Fsp3) is 0.0385. The van der Waals surface area contributed by atoms with E-state index in [1.165, 1.54) is 10.8 Å². The molecule has 4 aromatic rings. The maximum Gasteiger partial charge on any atom is 0.256 e. The highest BCUT2D eigenvalue weighted by Gasteiger charge is 2.23. The van der Waals surface area contributed by atoms with E-state index in [9.17, 15) is 4.79 Å². The summed E-state index contributed by atoms with van der Waals surface area (Å²) in [6.07, 6.45) is 1.91. The largest absolute Gasteiger partial charge is 0.489 e. The Bertz CT molecular complexity index is 1240. The first kappa shape index (κ1) is 17.3. The topological polar surface area (TPSA) is 38.3 Å². The first-order valence-corrected chi connectivity index (χ1v) is 9.59. The molecule has 0 unspecified atom stereocenters. The smallest absolute Gasteiger partial charge is 0.256 e. The molecular weight excluding hydrogens is 358 g/mol. The second-order valence-electron chi connectivity index (χ2n) is 7.10. The van der Waals surface area contributed by atoms with Gasteiger partial charge < -0.3 is 10.1 Å². The average Bonchev–Trinajstić information content (AvgIpc) is 3.08. The fourth-order valence-corrected chi connectivity index (χ4v) is 3.60. The van der Waals surface area contributed by atoms with Gasteiger partial charge in [0.1, 0.15) is 12.4 Å².